The summed E-state index contributed by atoms with van der Waals surface area (Å²) in [4.78, 5) is 11.8. The number of ether oxygens (including phenoxy) is 4. The molecule has 3 fully saturated rings. The van der Waals surface area contributed by atoms with E-state index in [-0.39, 0.29) is 24.4 Å². The third-order valence-corrected chi connectivity index (χ3v) is 13.1. The third-order valence-electron chi connectivity index (χ3n) is 8.30. The Morgan fingerprint density at radius 3 is 2.42 bits per heavy atom. The van der Waals surface area contributed by atoms with E-state index in [4.69, 9.17) is 23.4 Å². The molecule has 0 radical (unpaired) electrons. The third kappa shape index (κ3) is 5.21. The summed E-state index contributed by atoms with van der Waals surface area (Å²) in [7, 11) is -1.88. The van der Waals surface area contributed by atoms with Crippen molar-refractivity contribution in [2.45, 2.75) is 135 Å². The molecule has 3 aliphatic rings. The Labute approximate surface area is 201 Å². The number of esters is 1. The van der Waals surface area contributed by atoms with Crippen molar-refractivity contribution < 1.29 is 28.2 Å². The van der Waals surface area contributed by atoms with Crippen LogP contribution in [0.5, 0.6) is 0 Å². The summed E-state index contributed by atoms with van der Waals surface area (Å²) in [5.74, 6) is -0.727. The van der Waals surface area contributed by atoms with Crippen molar-refractivity contribution >= 4 is 14.3 Å². The van der Waals surface area contributed by atoms with E-state index in [0.29, 0.717) is 6.61 Å². The molecule has 33 heavy (non-hydrogen) atoms. The zero-order valence-electron chi connectivity index (χ0n) is 22.0. The molecule has 0 aromatic rings. The molecule has 3 unspecified atom stereocenters. The van der Waals surface area contributed by atoms with Crippen LogP contribution in [0, 0.1) is 5.92 Å². The molecule has 0 N–H and O–H groups in total. The van der Waals surface area contributed by atoms with E-state index >= 15 is 0 Å². The Morgan fingerprint density at radius 1 is 1.12 bits per heavy atom. The van der Waals surface area contributed by atoms with Gasteiger partial charge in [0, 0.05) is 25.2 Å². The van der Waals surface area contributed by atoms with Crippen LogP contribution in [0.1, 0.15) is 93.4 Å². The molecule has 2 spiro atoms. The summed E-state index contributed by atoms with van der Waals surface area (Å²) in [6, 6.07) is 3.30. The fourth-order valence-corrected chi connectivity index (χ4v) is 9.09. The van der Waals surface area contributed by atoms with Gasteiger partial charge in [-0.05, 0) is 57.3 Å². The maximum Gasteiger partial charge on any atom is 0.309 e. The van der Waals surface area contributed by atoms with Gasteiger partial charge >= 0.3 is 5.97 Å². The fraction of sp³-hybridized carbons (Fsp3) is 0.885. The second kappa shape index (κ2) is 10.4. The summed E-state index contributed by atoms with van der Waals surface area (Å²) in [6.45, 7) is 15.6. The van der Waals surface area contributed by atoms with Crippen LogP contribution in [0.15, 0.2) is 11.8 Å². The summed E-state index contributed by atoms with van der Waals surface area (Å²) < 4.78 is 32.4. The Balaban J connectivity index is 1.85. The van der Waals surface area contributed by atoms with Crippen molar-refractivity contribution in [1.29, 1.82) is 0 Å². The highest BCUT2D eigenvalue weighted by Gasteiger charge is 2.66. The molecule has 0 bridgehead atoms. The Morgan fingerprint density at radius 2 is 1.82 bits per heavy atom. The van der Waals surface area contributed by atoms with Gasteiger partial charge < -0.3 is 23.4 Å². The van der Waals surface area contributed by atoms with Crippen LogP contribution in [-0.2, 0) is 28.2 Å². The van der Waals surface area contributed by atoms with E-state index in [1.54, 1.807) is 0 Å². The number of rotatable bonds is 9. The van der Waals surface area contributed by atoms with Crippen LogP contribution < -0.4 is 0 Å². The summed E-state index contributed by atoms with van der Waals surface area (Å²) in [5, 5.41) is 0. The molecule has 5 atom stereocenters. The minimum Gasteiger partial charge on any atom is -0.467 e. The van der Waals surface area contributed by atoms with Gasteiger partial charge in [0.1, 0.15) is 5.60 Å². The van der Waals surface area contributed by atoms with E-state index in [2.05, 4.69) is 41.5 Å². The van der Waals surface area contributed by atoms with Gasteiger partial charge in [-0.1, -0.05) is 34.6 Å². The molecule has 0 amide bonds. The van der Waals surface area contributed by atoms with Crippen LogP contribution in [-0.4, -0.2) is 44.2 Å². The quantitative estimate of drug-likeness (QED) is 0.278. The number of carbonyl (C=O) groups excluding carboxylic acids is 1. The van der Waals surface area contributed by atoms with E-state index in [9.17, 15) is 4.79 Å². The van der Waals surface area contributed by atoms with Gasteiger partial charge in [0.15, 0.2) is 8.32 Å². The topological polar surface area (TPSA) is 63.2 Å². The molecule has 190 valence electrons. The van der Waals surface area contributed by atoms with Gasteiger partial charge in [-0.25, -0.2) is 0 Å². The minimum atomic E-state index is -1.88. The Kier molecular flexibility index (Phi) is 8.40. The maximum absolute atomic E-state index is 11.8. The molecule has 3 rings (SSSR count). The number of hydrogen-bond acceptors (Lipinski definition) is 6. The fourth-order valence-electron chi connectivity index (χ4n) is 5.94. The minimum absolute atomic E-state index is 0.176. The number of allylic oxidation sites excluding steroid dienone is 1. The van der Waals surface area contributed by atoms with Gasteiger partial charge in [-0.3, -0.25) is 4.79 Å². The van der Waals surface area contributed by atoms with Crippen molar-refractivity contribution in [3.8, 4) is 0 Å². The first-order chi connectivity index (χ1) is 15.6. The summed E-state index contributed by atoms with van der Waals surface area (Å²) in [5.41, 5.74) is -0.486. The van der Waals surface area contributed by atoms with Crippen molar-refractivity contribution in [3.63, 3.8) is 0 Å². The molecule has 3 saturated heterocycles. The number of carbonyl (C=O) groups is 1. The van der Waals surface area contributed by atoms with Crippen molar-refractivity contribution in [2.75, 3.05) is 6.61 Å². The molecule has 0 aliphatic carbocycles. The number of hydrogen-bond donors (Lipinski definition) is 0. The van der Waals surface area contributed by atoms with E-state index in [0.717, 1.165) is 62.4 Å². The van der Waals surface area contributed by atoms with Gasteiger partial charge in [0.05, 0.1) is 24.9 Å². The lowest BCUT2D eigenvalue weighted by atomic mass is 9.83. The molecular weight excluding hydrogens is 436 g/mol. The van der Waals surface area contributed by atoms with Crippen LogP contribution in [0.25, 0.3) is 0 Å². The largest absolute Gasteiger partial charge is 0.467 e. The average Bonchev–Trinajstić information content (AvgIpc) is 3.32. The average molecular weight is 483 g/mol. The van der Waals surface area contributed by atoms with E-state index in [1.807, 2.05) is 13.0 Å². The molecule has 3 aliphatic heterocycles. The first kappa shape index (κ1) is 26.7. The van der Waals surface area contributed by atoms with Gasteiger partial charge in [-0.15, -0.1) is 0 Å². The van der Waals surface area contributed by atoms with E-state index < -0.39 is 25.5 Å². The normalized spacial score (nSPS) is 37.7. The second-order valence-electron chi connectivity index (χ2n) is 10.4. The van der Waals surface area contributed by atoms with Gasteiger partial charge in [-0.2, -0.15) is 0 Å². The highest BCUT2D eigenvalue weighted by atomic mass is 28.4. The van der Waals surface area contributed by atoms with Crippen LogP contribution >= 0.6 is 0 Å². The summed E-state index contributed by atoms with van der Waals surface area (Å²) in [6.07, 6.45) is 7.46. The molecule has 3 heterocycles. The van der Waals surface area contributed by atoms with Crippen molar-refractivity contribution in [2.24, 2.45) is 5.92 Å². The lowest BCUT2D eigenvalue weighted by Gasteiger charge is -2.54. The molecule has 6 nitrogen and oxygen atoms in total. The molecule has 0 aromatic carbocycles. The van der Waals surface area contributed by atoms with E-state index in [1.165, 1.54) is 0 Å². The van der Waals surface area contributed by atoms with Crippen molar-refractivity contribution in [3.05, 3.63) is 11.8 Å². The highest BCUT2D eigenvalue weighted by molar-refractivity contribution is 6.73. The molecular formula is C26H46O6Si. The monoisotopic (exact) mass is 482 g/mol. The lowest BCUT2D eigenvalue weighted by Crippen LogP contribution is -2.64. The van der Waals surface area contributed by atoms with Crippen LogP contribution in [0.4, 0.5) is 0 Å². The molecule has 0 saturated carbocycles. The van der Waals surface area contributed by atoms with Crippen molar-refractivity contribution in [1.82, 2.24) is 0 Å². The first-order valence-corrected chi connectivity index (χ1v) is 15.8. The van der Waals surface area contributed by atoms with Crippen LogP contribution in [0.3, 0.4) is 0 Å². The summed E-state index contributed by atoms with van der Waals surface area (Å²) >= 11 is 0. The van der Waals surface area contributed by atoms with Crippen LogP contribution in [0.2, 0.25) is 18.1 Å². The Hall–Kier alpha value is -0.893. The zero-order valence-corrected chi connectivity index (χ0v) is 23.0. The maximum atomic E-state index is 11.8. The lowest BCUT2D eigenvalue weighted by molar-refractivity contribution is -0.378. The molecule has 7 heteroatoms. The second-order valence-corrected chi connectivity index (χ2v) is 15.0. The predicted molar refractivity (Wildman–Crippen MR) is 131 cm³/mol. The highest BCUT2D eigenvalue weighted by Crippen LogP contribution is 2.57. The first-order valence-electron chi connectivity index (χ1n) is 13.3. The zero-order chi connectivity index (χ0) is 24.3. The SMILES string of the molecule is CCOC(=O)C/C=C1/OC2(CCC3(OC(CC)CC[C@]3(C)O[Si](CC)(CC)CC)O2)C[C@@H]1C. The van der Waals surface area contributed by atoms with Gasteiger partial charge in [0.25, 0.3) is 0 Å². The Bertz CT molecular complexity index is 713. The molecule has 0 aromatic heterocycles. The smallest absolute Gasteiger partial charge is 0.309 e. The predicted octanol–water partition coefficient (Wildman–Crippen LogP) is 6.45. The standard InChI is InChI=1S/C26H46O6Si/c1-8-21-15-16-24(7,32-33(10-3,11-4)12-5)26(29-21)18-17-25(31-26)19-20(6)22(30-25)13-14-23(27)28-9-2/h13,20-21H,8-12,14-19H2,1-7H3/b22-13+/t20-,21?,24-,25?,26?/m0/s1. The van der Waals surface area contributed by atoms with Gasteiger partial charge in [0.2, 0.25) is 11.6 Å².